The Morgan fingerprint density at radius 3 is 2.64 bits per heavy atom. The van der Waals surface area contributed by atoms with E-state index < -0.39 is 11.9 Å². The lowest BCUT2D eigenvalue weighted by Gasteiger charge is -2.13. The van der Waals surface area contributed by atoms with E-state index in [1.54, 1.807) is 6.92 Å². The van der Waals surface area contributed by atoms with Crippen molar-refractivity contribution in [3.05, 3.63) is 21.9 Å². The second-order valence-corrected chi connectivity index (χ2v) is 3.72. The molecule has 0 saturated carbocycles. The van der Waals surface area contributed by atoms with Gasteiger partial charge in [0, 0.05) is 17.7 Å². The molecule has 1 atom stereocenters. The second-order valence-electron chi connectivity index (χ2n) is 2.93. The van der Waals surface area contributed by atoms with Gasteiger partial charge in [-0.2, -0.15) is 0 Å². The van der Waals surface area contributed by atoms with E-state index in [0.29, 0.717) is 0 Å². The Kier molecular flexibility index (Phi) is 3.34. The van der Waals surface area contributed by atoms with Crippen LogP contribution < -0.4 is 10.5 Å². The first-order valence-electron chi connectivity index (χ1n) is 3.99. The molecular formula is C9H11BrFNO2. The van der Waals surface area contributed by atoms with Crippen molar-refractivity contribution in [2.24, 2.45) is 5.73 Å². The van der Waals surface area contributed by atoms with Crippen LogP contribution in [0.15, 0.2) is 10.5 Å². The minimum absolute atomic E-state index is 0.0812. The molecule has 3 nitrogen and oxygen atoms in total. The van der Waals surface area contributed by atoms with Crippen molar-refractivity contribution >= 4 is 15.9 Å². The number of ether oxygens (including phenoxy) is 1. The summed E-state index contributed by atoms with van der Waals surface area (Å²) in [7, 11) is 1.39. The predicted molar refractivity (Wildman–Crippen MR) is 54.9 cm³/mol. The summed E-state index contributed by atoms with van der Waals surface area (Å²) >= 11 is 3.03. The molecule has 1 aromatic rings. The average molecular weight is 264 g/mol. The normalized spacial score (nSPS) is 12.6. The van der Waals surface area contributed by atoms with Gasteiger partial charge < -0.3 is 15.6 Å². The molecule has 0 amide bonds. The Bertz CT molecular complexity index is 355. The van der Waals surface area contributed by atoms with E-state index in [0.717, 1.165) is 0 Å². The maximum absolute atomic E-state index is 13.6. The maximum atomic E-state index is 13.6. The molecule has 1 unspecified atom stereocenters. The van der Waals surface area contributed by atoms with Crippen LogP contribution in [0.3, 0.4) is 0 Å². The quantitative estimate of drug-likeness (QED) is 0.861. The van der Waals surface area contributed by atoms with E-state index in [1.165, 1.54) is 13.2 Å². The number of hydrogen-bond acceptors (Lipinski definition) is 3. The Balaban J connectivity index is 3.41. The van der Waals surface area contributed by atoms with Crippen LogP contribution in [-0.4, -0.2) is 12.2 Å². The smallest absolute Gasteiger partial charge is 0.149 e. The van der Waals surface area contributed by atoms with E-state index in [9.17, 15) is 9.50 Å². The second kappa shape index (κ2) is 4.14. The molecule has 0 heterocycles. The molecule has 1 rings (SSSR count). The summed E-state index contributed by atoms with van der Waals surface area (Å²) in [6.45, 7) is 1.59. The van der Waals surface area contributed by atoms with Gasteiger partial charge in [-0.1, -0.05) is 0 Å². The molecule has 0 aliphatic rings. The topological polar surface area (TPSA) is 55.5 Å². The van der Waals surface area contributed by atoms with Crippen LogP contribution >= 0.6 is 15.9 Å². The molecule has 0 saturated heterocycles. The predicted octanol–water partition coefficient (Wildman–Crippen LogP) is 2.32. The average Bonchev–Trinajstić information content (AvgIpc) is 2.10. The first-order chi connectivity index (χ1) is 6.49. The third-order valence-corrected chi connectivity index (χ3v) is 2.60. The number of phenolic OH excluding ortho intramolecular Hbond substituents is 1. The first-order valence-corrected chi connectivity index (χ1v) is 4.78. The van der Waals surface area contributed by atoms with Gasteiger partial charge in [0.15, 0.2) is 0 Å². The number of halogens is 2. The van der Waals surface area contributed by atoms with Crippen LogP contribution in [0.4, 0.5) is 4.39 Å². The number of rotatable bonds is 2. The van der Waals surface area contributed by atoms with Crippen LogP contribution in [0.25, 0.3) is 0 Å². The minimum Gasteiger partial charge on any atom is -0.507 e. The van der Waals surface area contributed by atoms with Crippen molar-refractivity contribution in [2.75, 3.05) is 7.11 Å². The number of methoxy groups -OCH3 is 1. The molecule has 0 fully saturated rings. The van der Waals surface area contributed by atoms with Crippen LogP contribution in [0, 0.1) is 5.82 Å². The summed E-state index contributed by atoms with van der Waals surface area (Å²) in [5, 5.41) is 9.48. The number of hydrogen-bond donors (Lipinski definition) is 2. The number of nitrogens with two attached hydrogens (primary N) is 1. The summed E-state index contributed by atoms with van der Waals surface area (Å²) in [6, 6.07) is 0.753. The monoisotopic (exact) mass is 263 g/mol. The molecule has 0 spiro atoms. The highest BCUT2D eigenvalue weighted by Crippen LogP contribution is 2.37. The number of aromatic hydroxyl groups is 1. The molecular weight excluding hydrogens is 253 g/mol. The molecule has 1 aromatic carbocycles. The standard InChI is InChI=1S/C9H11BrFNO2/c1-4(12)7-5(13)3-6(14-2)8(10)9(7)11/h3-4,13H,12H2,1-2H3. The molecule has 0 radical (unpaired) electrons. The summed E-state index contributed by atoms with van der Waals surface area (Å²) < 4.78 is 18.6. The summed E-state index contributed by atoms with van der Waals surface area (Å²) in [5.41, 5.74) is 5.60. The van der Waals surface area contributed by atoms with Gasteiger partial charge in [0.25, 0.3) is 0 Å². The van der Waals surface area contributed by atoms with Crippen LogP contribution in [0.1, 0.15) is 18.5 Å². The van der Waals surface area contributed by atoms with Gasteiger partial charge in [-0.3, -0.25) is 0 Å². The first kappa shape index (κ1) is 11.3. The lowest BCUT2D eigenvalue weighted by Crippen LogP contribution is -2.08. The van der Waals surface area contributed by atoms with Gasteiger partial charge in [0.1, 0.15) is 17.3 Å². The van der Waals surface area contributed by atoms with Crippen molar-refractivity contribution in [1.29, 1.82) is 0 Å². The Morgan fingerprint density at radius 1 is 1.64 bits per heavy atom. The highest BCUT2D eigenvalue weighted by atomic mass is 79.9. The third kappa shape index (κ3) is 1.83. The molecule has 0 aromatic heterocycles. The van der Waals surface area contributed by atoms with Crippen molar-refractivity contribution < 1.29 is 14.2 Å². The molecule has 0 bridgehead atoms. The Morgan fingerprint density at radius 2 is 2.21 bits per heavy atom. The number of phenols is 1. The lowest BCUT2D eigenvalue weighted by atomic mass is 10.1. The zero-order valence-electron chi connectivity index (χ0n) is 7.84. The van der Waals surface area contributed by atoms with E-state index >= 15 is 0 Å². The van der Waals surface area contributed by atoms with Crippen molar-refractivity contribution in [1.82, 2.24) is 0 Å². The fraction of sp³-hybridized carbons (Fsp3) is 0.333. The largest absolute Gasteiger partial charge is 0.507 e. The molecule has 78 valence electrons. The molecule has 5 heteroatoms. The van der Waals surface area contributed by atoms with Crippen LogP contribution in [0.2, 0.25) is 0 Å². The fourth-order valence-electron chi connectivity index (χ4n) is 1.19. The minimum atomic E-state index is -0.586. The van der Waals surface area contributed by atoms with Gasteiger partial charge in [0.2, 0.25) is 0 Å². The SMILES string of the molecule is COc1cc(O)c(C(C)N)c(F)c1Br. The van der Waals surface area contributed by atoms with E-state index in [1.807, 2.05) is 0 Å². The molecule has 14 heavy (non-hydrogen) atoms. The van der Waals surface area contributed by atoms with Crippen molar-refractivity contribution in [2.45, 2.75) is 13.0 Å². The summed E-state index contributed by atoms with van der Waals surface area (Å²) in [4.78, 5) is 0. The van der Waals surface area contributed by atoms with Gasteiger partial charge in [-0.25, -0.2) is 4.39 Å². The van der Waals surface area contributed by atoms with Gasteiger partial charge in [-0.05, 0) is 22.9 Å². The maximum Gasteiger partial charge on any atom is 0.149 e. The van der Waals surface area contributed by atoms with Crippen molar-refractivity contribution in [3.8, 4) is 11.5 Å². The van der Waals surface area contributed by atoms with Crippen molar-refractivity contribution in [3.63, 3.8) is 0 Å². The van der Waals surface area contributed by atoms with Crippen LogP contribution in [-0.2, 0) is 0 Å². The molecule has 0 aliphatic heterocycles. The Labute approximate surface area is 89.8 Å². The van der Waals surface area contributed by atoms with E-state index in [-0.39, 0.29) is 21.5 Å². The summed E-state index contributed by atoms with van der Waals surface area (Å²) in [6.07, 6.45) is 0. The molecule has 3 N–H and O–H groups in total. The zero-order valence-corrected chi connectivity index (χ0v) is 9.43. The summed E-state index contributed by atoms with van der Waals surface area (Å²) in [5.74, 6) is -0.543. The van der Waals surface area contributed by atoms with E-state index in [2.05, 4.69) is 15.9 Å². The fourth-order valence-corrected chi connectivity index (χ4v) is 1.68. The van der Waals surface area contributed by atoms with Gasteiger partial charge in [-0.15, -0.1) is 0 Å². The van der Waals surface area contributed by atoms with Gasteiger partial charge >= 0.3 is 0 Å². The lowest BCUT2D eigenvalue weighted by molar-refractivity contribution is 0.394. The zero-order chi connectivity index (χ0) is 10.9. The Hall–Kier alpha value is -0.810. The van der Waals surface area contributed by atoms with Gasteiger partial charge in [0.05, 0.1) is 11.6 Å². The highest BCUT2D eigenvalue weighted by Gasteiger charge is 2.19. The molecule has 0 aliphatic carbocycles. The number of benzene rings is 1. The van der Waals surface area contributed by atoms with E-state index in [4.69, 9.17) is 10.5 Å². The highest BCUT2D eigenvalue weighted by molar-refractivity contribution is 9.10. The third-order valence-electron chi connectivity index (χ3n) is 1.86. The van der Waals surface area contributed by atoms with Crippen LogP contribution in [0.5, 0.6) is 11.5 Å².